The van der Waals surface area contributed by atoms with Gasteiger partial charge in [0.25, 0.3) is 0 Å². The molecular formula is C51H87N7O10. The first-order valence-corrected chi connectivity index (χ1v) is 24.7. The fourth-order valence-electron chi connectivity index (χ4n) is 9.70. The summed E-state index contributed by atoms with van der Waals surface area (Å²) in [5, 5.41) is 6.01. The summed E-state index contributed by atoms with van der Waals surface area (Å²) in [6.07, 6.45) is 0.609. The SMILES string of the molecule is CCC(C)C(C(CC(=O)N1CCCC1C(OC)C(C)C(=O)NC(Cc1ccccc1)C(=O)OC)OC)N(C)C(=O)C(NC(=O)C(C(C)C)N(C)CCN1CCN(C(=O)OC(C)(C)C)CC1)C(C)C. The molecular weight excluding hydrogens is 871 g/mol. The van der Waals surface area contributed by atoms with Crippen molar-refractivity contribution in [1.82, 2.24) is 35.1 Å². The van der Waals surface area contributed by atoms with Crippen LogP contribution in [0.15, 0.2) is 30.3 Å². The molecule has 2 aliphatic heterocycles. The molecule has 17 nitrogen and oxygen atoms in total. The molecule has 3 rings (SSSR count). The van der Waals surface area contributed by atoms with Crippen LogP contribution < -0.4 is 10.6 Å². The van der Waals surface area contributed by atoms with Crippen LogP contribution >= 0.6 is 0 Å². The quantitative estimate of drug-likeness (QED) is 0.139. The van der Waals surface area contributed by atoms with E-state index in [0.29, 0.717) is 65.1 Å². The molecule has 2 saturated heterocycles. The third-order valence-corrected chi connectivity index (χ3v) is 13.7. The highest BCUT2D eigenvalue weighted by Gasteiger charge is 2.44. The predicted octanol–water partition coefficient (Wildman–Crippen LogP) is 4.46. The summed E-state index contributed by atoms with van der Waals surface area (Å²) >= 11 is 0. The van der Waals surface area contributed by atoms with Gasteiger partial charge in [-0.15, -0.1) is 0 Å². The van der Waals surface area contributed by atoms with Crippen LogP contribution in [0.4, 0.5) is 4.79 Å². The van der Waals surface area contributed by atoms with Crippen molar-refractivity contribution in [3.63, 3.8) is 0 Å². The monoisotopic (exact) mass is 958 g/mol. The van der Waals surface area contributed by atoms with Gasteiger partial charge in [0.1, 0.15) is 17.7 Å². The van der Waals surface area contributed by atoms with E-state index in [1.54, 1.807) is 35.8 Å². The van der Waals surface area contributed by atoms with Crippen LogP contribution in [0.25, 0.3) is 0 Å². The molecule has 0 radical (unpaired) electrons. The highest BCUT2D eigenvalue weighted by molar-refractivity contribution is 5.90. The van der Waals surface area contributed by atoms with Crippen molar-refractivity contribution in [3.8, 4) is 0 Å². The number of piperazine rings is 1. The molecule has 9 atom stereocenters. The number of ether oxygens (including phenoxy) is 4. The van der Waals surface area contributed by atoms with Gasteiger partial charge in [0.2, 0.25) is 23.6 Å². The van der Waals surface area contributed by atoms with Crippen LogP contribution in [0.3, 0.4) is 0 Å². The number of rotatable bonds is 24. The number of amides is 5. The lowest BCUT2D eigenvalue weighted by Gasteiger charge is -2.41. The molecule has 0 saturated carbocycles. The van der Waals surface area contributed by atoms with Gasteiger partial charge in [-0.05, 0) is 64.0 Å². The van der Waals surface area contributed by atoms with Gasteiger partial charge in [0, 0.05) is 73.5 Å². The summed E-state index contributed by atoms with van der Waals surface area (Å²) in [6, 6.07) is 6.19. The van der Waals surface area contributed by atoms with Crippen LogP contribution in [0, 0.1) is 23.7 Å². The third-order valence-electron chi connectivity index (χ3n) is 13.7. The number of carbonyl (C=O) groups excluding carboxylic acids is 6. The number of hydrogen-bond donors (Lipinski definition) is 2. The first-order valence-electron chi connectivity index (χ1n) is 24.7. The summed E-state index contributed by atoms with van der Waals surface area (Å²) in [6.45, 7) is 23.5. The van der Waals surface area contributed by atoms with Crippen molar-refractivity contribution < 1.29 is 47.7 Å². The van der Waals surface area contributed by atoms with Crippen LogP contribution in [0.2, 0.25) is 0 Å². The van der Waals surface area contributed by atoms with Gasteiger partial charge in [0.15, 0.2) is 0 Å². The minimum Gasteiger partial charge on any atom is -0.467 e. The molecule has 1 aromatic rings. The number of likely N-dealkylation sites (N-methyl/N-ethyl adjacent to an activating group) is 2. The summed E-state index contributed by atoms with van der Waals surface area (Å²) in [5.74, 6) is -2.72. The molecule has 2 N–H and O–H groups in total. The Kier molecular flexibility index (Phi) is 23.2. The van der Waals surface area contributed by atoms with Gasteiger partial charge in [-0.1, -0.05) is 85.2 Å². The molecule has 2 heterocycles. The molecule has 1 aromatic carbocycles. The topological polar surface area (TPSA) is 180 Å². The molecule has 68 heavy (non-hydrogen) atoms. The lowest BCUT2D eigenvalue weighted by atomic mass is 9.89. The van der Waals surface area contributed by atoms with Crippen molar-refractivity contribution in [2.75, 3.05) is 81.2 Å². The van der Waals surface area contributed by atoms with Crippen molar-refractivity contribution in [2.45, 2.75) is 149 Å². The summed E-state index contributed by atoms with van der Waals surface area (Å²) in [4.78, 5) is 92.0. The fraction of sp³-hybridized carbons (Fsp3) is 0.765. The lowest BCUT2D eigenvalue weighted by Crippen LogP contribution is -2.60. The van der Waals surface area contributed by atoms with E-state index in [9.17, 15) is 28.8 Å². The van der Waals surface area contributed by atoms with E-state index in [1.807, 2.05) is 105 Å². The van der Waals surface area contributed by atoms with Crippen molar-refractivity contribution >= 4 is 35.7 Å². The summed E-state index contributed by atoms with van der Waals surface area (Å²) in [7, 11) is 8.03. The number of methoxy groups -OCH3 is 3. The first kappa shape index (κ1) is 58.0. The zero-order valence-electron chi connectivity index (χ0n) is 44.0. The van der Waals surface area contributed by atoms with E-state index in [4.69, 9.17) is 18.9 Å². The van der Waals surface area contributed by atoms with Gasteiger partial charge in [0.05, 0.1) is 49.8 Å². The number of carbonyl (C=O) groups is 6. The average molecular weight is 958 g/mol. The molecule has 2 aliphatic rings. The molecule has 0 spiro atoms. The largest absolute Gasteiger partial charge is 0.467 e. The number of benzene rings is 1. The standard InChI is InChI=1S/C51H87N7O10/c1-16-35(6)44(40(65-13)32-41(59)58-24-20-23-39(58)45(66-14)36(7)46(60)52-38(49(63)67-15)31-37-21-18-17-19-22-37)55(12)48(62)42(33(2)3)53-47(61)43(34(4)5)54(11)25-26-56-27-29-57(30-28-56)50(64)68-51(8,9)10/h17-19,21-22,33-36,38-40,42-45H,16,20,23-32H2,1-15H3,(H,52,60)(H,53,61). The number of nitrogens with zero attached hydrogens (tertiary/aromatic N) is 5. The van der Waals surface area contributed by atoms with Gasteiger partial charge in [-0.3, -0.25) is 29.0 Å². The van der Waals surface area contributed by atoms with Crippen LogP contribution in [0.5, 0.6) is 0 Å². The fourth-order valence-corrected chi connectivity index (χ4v) is 9.70. The zero-order valence-corrected chi connectivity index (χ0v) is 44.0. The summed E-state index contributed by atoms with van der Waals surface area (Å²) < 4.78 is 22.7. The van der Waals surface area contributed by atoms with Crippen molar-refractivity contribution in [2.24, 2.45) is 23.7 Å². The summed E-state index contributed by atoms with van der Waals surface area (Å²) in [5.41, 5.74) is 0.314. The van der Waals surface area contributed by atoms with Crippen LogP contribution in [-0.4, -0.2) is 189 Å². The second-order valence-electron chi connectivity index (χ2n) is 20.6. The zero-order chi connectivity index (χ0) is 51.0. The highest BCUT2D eigenvalue weighted by Crippen LogP contribution is 2.30. The van der Waals surface area contributed by atoms with Crippen LogP contribution in [0.1, 0.15) is 100 Å². The predicted molar refractivity (Wildman–Crippen MR) is 262 cm³/mol. The average Bonchev–Trinajstić information content (AvgIpc) is 3.78. The number of likely N-dealkylation sites (tertiary alicyclic amines) is 1. The number of esters is 1. The van der Waals surface area contributed by atoms with E-state index in [1.165, 1.54) is 14.2 Å². The Morgan fingerprint density at radius 3 is 1.99 bits per heavy atom. The lowest BCUT2D eigenvalue weighted by molar-refractivity contribution is -0.149. The second kappa shape index (κ2) is 27.2. The van der Waals surface area contributed by atoms with Crippen molar-refractivity contribution in [3.05, 3.63) is 35.9 Å². The third kappa shape index (κ3) is 16.4. The highest BCUT2D eigenvalue weighted by atomic mass is 16.6. The second-order valence-corrected chi connectivity index (χ2v) is 20.6. The normalized spacial score (nSPS) is 19.4. The molecule has 2 fully saturated rings. The molecule has 0 bridgehead atoms. The Balaban J connectivity index is 1.72. The Hall–Kier alpha value is -4.32. The number of nitrogens with one attached hydrogen (secondary N) is 2. The molecule has 17 heteroatoms. The van der Waals surface area contributed by atoms with Crippen molar-refractivity contribution in [1.29, 1.82) is 0 Å². The van der Waals surface area contributed by atoms with E-state index in [0.717, 1.165) is 5.56 Å². The molecule has 386 valence electrons. The van der Waals surface area contributed by atoms with E-state index in [2.05, 4.69) is 15.5 Å². The van der Waals surface area contributed by atoms with Gasteiger partial charge in [-0.2, -0.15) is 0 Å². The maximum Gasteiger partial charge on any atom is 0.410 e. The van der Waals surface area contributed by atoms with Gasteiger partial charge < -0.3 is 44.3 Å². The Labute approximate surface area is 407 Å². The maximum atomic E-state index is 14.7. The Morgan fingerprint density at radius 2 is 1.46 bits per heavy atom. The Morgan fingerprint density at radius 1 is 0.824 bits per heavy atom. The van der Waals surface area contributed by atoms with Gasteiger partial charge in [-0.25, -0.2) is 9.59 Å². The first-order chi connectivity index (χ1) is 32.0. The molecule has 0 aliphatic carbocycles. The van der Waals surface area contributed by atoms with Gasteiger partial charge >= 0.3 is 12.1 Å². The molecule has 0 aromatic heterocycles. The maximum absolute atomic E-state index is 14.7. The minimum atomic E-state index is -0.907. The van der Waals surface area contributed by atoms with Crippen LogP contribution in [-0.2, 0) is 49.3 Å². The van der Waals surface area contributed by atoms with E-state index < -0.39 is 59.9 Å². The smallest absolute Gasteiger partial charge is 0.410 e. The Bertz CT molecular complexity index is 1770. The number of hydrogen-bond acceptors (Lipinski definition) is 12. The van der Waals surface area contributed by atoms with E-state index >= 15 is 0 Å². The molecule has 9 unspecified atom stereocenters. The minimum absolute atomic E-state index is 0.0207. The molecule has 5 amide bonds. The van der Waals surface area contributed by atoms with E-state index in [-0.39, 0.29) is 60.3 Å².